The molecular formula is C11H23N3. The van der Waals surface area contributed by atoms with Crippen molar-refractivity contribution < 1.29 is 0 Å². The second-order valence-electron chi connectivity index (χ2n) is 5.51. The average molecular weight is 197 g/mol. The van der Waals surface area contributed by atoms with E-state index < -0.39 is 0 Å². The molecule has 3 heteroatoms. The van der Waals surface area contributed by atoms with E-state index in [0.29, 0.717) is 0 Å². The lowest BCUT2D eigenvalue weighted by atomic mass is 9.76. The Morgan fingerprint density at radius 2 is 1.86 bits per heavy atom. The minimum Gasteiger partial charge on any atom is -0.356 e. The number of hydrogen-bond acceptors (Lipinski definition) is 3. The molecular weight excluding hydrogens is 174 g/mol. The summed E-state index contributed by atoms with van der Waals surface area (Å²) in [5.41, 5.74) is 0.269. The summed E-state index contributed by atoms with van der Waals surface area (Å²) in [7, 11) is 0. The molecule has 0 bridgehead atoms. The second-order valence-corrected chi connectivity index (χ2v) is 5.51. The number of aliphatic imine (C=N–C) groups is 1. The highest BCUT2D eigenvalue weighted by atomic mass is 15.2. The maximum Gasteiger partial charge on any atom is 0.191 e. The highest BCUT2D eigenvalue weighted by Gasteiger charge is 2.33. The van der Waals surface area contributed by atoms with E-state index >= 15 is 0 Å². The highest BCUT2D eigenvalue weighted by Crippen LogP contribution is 2.29. The Morgan fingerprint density at radius 1 is 1.21 bits per heavy atom. The van der Waals surface area contributed by atoms with Crippen molar-refractivity contribution in [2.75, 3.05) is 13.1 Å². The van der Waals surface area contributed by atoms with Crippen molar-refractivity contribution in [1.29, 1.82) is 0 Å². The Labute approximate surface area is 87.4 Å². The van der Waals surface area contributed by atoms with Crippen LogP contribution in [0.5, 0.6) is 0 Å². The first kappa shape index (κ1) is 11.3. The number of rotatable bonds is 1. The molecule has 0 fully saturated rings. The van der Waals surface area contributed by atoms with Gasteiger partial charge in [0.2, 0.25) is 0 Å². The van der Waals surface area contributed by atoms with Crippen LogP contribution in [0.4, 0.5) is 0 Å². The molecule has 0 atom stereocenters. The smallest absolute Gasteiger partial charge is 0.191 e. The minimum absolute atomic E-state index is 0.0518. The van der Waals surface area contributed by atoms with Crippen molar-refractivity contribution in [3.05, 3.63) is 0 Å². The maximum absolute atomic E-state index is 4.42. The molecule has 0 aromatic carbocycles. The fourth-order valence-corrected chi connectivity index (χ4v) is 1.10. The van der Waals surface area contributed by atoms with Crippen LogP contribution in [0.15, 0.2) is 4.99 Å². The quantitative estimate of drug-likeness (QED) is 0.672. The van der Waals surface area contributed by atoms with Crippen LogP contribution < -0.4 is 10.6 Å². The van der Waals surface area contributed by atoms with Crippen molar-refractivity contribution in [3.8, 4) is 0 Å². The van der Waals surface area contributed by atoms with Crippen LogP contribution in [0.1, 0.15) is 41.0 Å². The highest BCUT2D eigenvalue weighted by molar-refractivity contribution is 5.81. The van der Waals surface area contributed by atoms with Gasteiger partial charge in [0, 0.05) is 18.6 Å². The normalized spacial score (nSPS) is 18.5. The Morgan fingerprint density at radius 3 is 2.29 bits per heavy atom. The van der Waals surface area contributed by atoms with E-state index in [-0.39, 0.29) is 11.0 Å². The number of guanidine groups is 1. The summed E-state index contributed by atoms with van der Waals surface area (Å²) < 4.78 is 0. The van der Waals surface area contributed by atoms with Gasteiger partial charge >= 0.3 is 0 Å². The lowest BCUT2D eigenvalue weighted by Crippen LogP contribution is -2.56. The molecule has 0 amide bonds. The van der Waals surface area contributed by atoms with Gasteiger partial charge in [-0.15, -0.1) is 0 Å². The van der Waals surface area contributed by atoms with Crippen molar-refractivity contribution in [2.24, 2.45) is 10.4 Å². The molecule has 0 aromatic rings. The molecule has 0 spiro atoms. The largest absolute Gasteiger partial charge is 0.356 e. The molecule has 2 N–H and O–H groups in total. The molecule has 1 rings (SSSR count). The zero-order valence-electron chi connectivity index (χ0n) is 10.1. The molecule has 0 saturated carbocycles. The summed E-state index contributed by atoms with van der Waals surface area (Å²) in [5, 5.41) is 6.76. The van der Waals surface area contributed by atoms with Crippen LogP contribution in [0.3, 0.4) is 0 Å². The van der Waals surface area contributed by atoms with E-state index in [1.807, 2.05) is 0 Å². The predicted octanol–water partition coefficient (Wildman–Crippen LogP) is 1.75. The van der Waals surface area contributed by atoms with Crippen molar-refractivity contribution in [2.45, 2.75) is 46.6 Å². The van der Waals surface area contributed by atoms with Crippen LogP contribution in [-0.2, 0) is 0 Å². The first-order valence-electron chi connectivity index (χ1n) is 5.39. The van der Waals surface area contributed by atoms with E-state index in [1.54, 1.807) is 0 Å². The van der Waals surface area contributed by atoms with Crippen molar-refractivity contribution in [3.63, 3.8) is 0 Å². The summed E-state index contributed by atoms with van der Waals surface area (Å²) >= 11 is 0. The van der Waals surface area contributed by atoms with Gasteiger partial charge in [0.15, 0.2) is 5.96 Å². The third kappa shape index (κ3) is 2.63. The lowest BCUT2D eigenvalue weighted by molar-refractivity contribution is 0.202. The molecule has 14 heavy (non-hydrogen) atoms. The molecule has 3 nitrogen and oxygen atoms in total. The zero-order chi connectivity index (χ0) is 10.8. The standard InChI is InChI=1S/C11H23N3/c1-10(2,3)11(4,5)14-9-12-7-6-8-13-9/h6-8H2,1-5H3,(H2,12,13,14). The van der Waals surface area contributed by atoms with Gasteiger partial charge in [-0.3, -0.25) is 4.99 Å². The molecule has 1 aliphatic rings. The third-order valence-corrected chi connectivity index (χ3v) is 3.20. The molecule has 82 valence electrons. The Balaban J connectivity index is 2.62. The summed E-state index contributed by atoms with van der Waals surface area (Å²) in [6.45, 7) is 13.1. The Hall–Kier alpha value is -0.730. The molecule has 0 radical (unpaired) electrons. The van der Waals surface area contributed by atoms with E-state index in [2.05, 4.69) is 50.2 Å². The Kier molecular flexibility index (Phi) is 3.07. The van der Waals surface area contributed by atoms with Crippen LogP contribution in [0.25, 0.3) is 0 Å². The minimum atomic E-state index is 0.0518. The van der Waals surface area contributed by atoms with Crippen molar-refractivity contribution >= 4 is 5.96 Å². The SMILES string of the molecule is CC(C)(C)C(C)(C)NC1=NCCCN1. The third-order valence-electron chi connectivity index (χ3n) is 3.20. The average Bonchev–Trinajstić information content (AvgIpc) is 2.03. The van der Waals surface area contributed by atoms with Gasteiger partial charge < -0.3 is 10.6 Å². The zero-order valence-corrected chi connectivity index (χ0v) is 10.1. The number of nitrogens with zero attached hydrogens (tertiary/aromatic N) is 1. The van der Waals surface area contributed by atoms with Gasteiger partial charge in [0.25, 0.3) is 0 Å². The number of hydrogen-bond donors (Lipinski definition) is 2. The number of nitrogens with one attached hydrogen (secondary N) is 2. The van der Waals surface area contributed by atoms with Gasteiger partial charge in [-0.1, -0.05) is 20.8 Å². The van der Waals surface area contributed by atoms with Crippen molar-refractivity contribution in [1.82, 2.24) is 10.6 Å². The first-order valence-corrected chi connectivity index (χ1v) is 5.39. The van der Waals surface area contributed by atoms with E-state index in [4.69, 9.17) is 0 Å². The lowest BCUT2D eigenvalue weighted by Gasteiger charge is -2.41. The Bertz CT molecular complexity index is 223. The van der Waals surface area contributed by atoms with E-state index in [9.17, 15) is 0 Å². The molecule has 1 heterocycles. The van der Waals surface area contributed by atoms with E-state index in [0.717, 1.165) is 25.5 Å². The van der Waals surface area contributed by atoms with Crippen LogP contribution in [-0.4, -0.2) is 24.6 Å². The summed E-state index contributed by atoms with van der Waals surface area (Å²) in [6.07, 6.45) is 1.14. The second kappa shape index (κ2) is 3.79. The fourth-order valence-electron chi connectivity index (χ4n) is 1.10. The van der Waals surface area contributed by atoms with Gasteiger partial charge in [-0.2, -0.15) is 0 Å². The van der Waals surface area contributed by atoms with Crippen LogP contribution in [0, 0.1) is 5.41 Å². The summed E-state index contributed by atoms with van der Waals surface area (Å²) in [5.74, 6) is 0.955. The molecule has 0 saturated heterocycles. The van der Waals surface area contributed by atoms with E-state index in [1.165, 1.54) is 0 Å². The summed E-state index contributed by atoms with van der Waals surface area (Å²) in [4.78, 5) is 4.42. The van der Waals surface area contributed by atoms with Crippen LogP contribution >= 0.6 is 0 Å². The maximum atomic E-state index is 4.42. The predicted molar refractivity (Wildman–Crippen MR) is 61.6 cm³/mol. The van der Waals surface area contributed by atoms with Gasteiger partial charge in [0.1, 0.15) is 0 Å². The first-order chi connectivity index (χ1) is 6.33. The molecule has 1 aliphatic heterocycles. The molecule has 0 unspecified atom stereocenters. The fraction of sp³-hybridized carbons (Fsp3) is 0.909. The summed E-state index contributed by atoms with van der Waals surface area (Å²) in [6, 6.07) is 0. The van der Waals surface area contributed by atoms with Gasteiger partial charge in [-0.25, -0.2) is 0 Å². The van der Waals surface area contributed by atoms with Gasteiger partial charge in [0.05, 0.1) is 0 Å². The van der Waals surface area contributed by atoms with Crippen LogP contribution in [0.2, 0.25) is 0 Å². The topological polar surface area (TPSA) is 36.4 Å². The monoisotopic (exact) mass is 197 g/mol. The molecule has 0 aromatic heterocycles. The van der Waals surface area contributed by atoms with Gasteiger partial charge in [-0.05, 0) is 25.7 Å². The molecule has 0 aliphatic carbocycles.